The topological polar surface area (TPSA) is 74.8 Å². The van der Waals surface area contributed by atoms with E-state index in [9.17, 15) is 10.0 Å². The molecule has 8 heteroatoms. The number of likely N-dealkylation sites (tertiary alicyclic amines) is 1. The van der Waals surface area contributed by atoms with Gasteiger partial charge >= 0.3 is 0 Å². The van der Waals surface area contributed by atoms with Crippen LogP contribution in [0.3, 0.4) is 0 Å². The molecule has 176 valence electrons. The highest BCUT2D eigenvalue weighted by Gasteiger charge is 2.28. The fourth-order valence-corrected chi connectivity index (χ4v) is 4.68. The SMILES string of the molecule is CCCNC(=O)CCN1CCC[C@@H]1CN1C=C(Cc2ccc(Cl)cc2)c2ccncc2N1[O-]. The maximum atomic E-state index is 13.2. The Kier molecular flexibility index (Phi) is 7.85. The van der Waals surface area contributed by atoms with Gasteiger partial charge in [-0.15, -0.1) is 0 Å². The summed E-state index contributed by atoms with van der Waals surface area (Å²) >= 11 is 6.05. The van der Waals surface area contributed by atoms with Crippen LogP contribution < -0.4 is 10.5 Å². The lowest BCUT2D eigenvalue weighted by molar-refractivity contribution is -0.121. The molecule has 0 unspecified atom stereocenters. The number of aromatic nitrogens is 1. The number of halogens is 1. The first-order chi connectivity index (χ1) is 16.0. The van der Waals surface area contributed by atoms with Crippen molar-refractivity contribution in [3.05, 3.63) is 70.3 Å². The number of carbonyl (C=O) groups is 1. The van der Waals surface area contributed by atoms with Crippen molar-refractivity contribution in [2.45, 2.75) is 45.1 Å². The fraction of sp³-hybridized carbons (Fsp3) is 0.440. The van der Waals surface area contributed by atoms with Gasteiger partial charge in [0.2, 0.25) is 5.91 Å². The number of amides is 1. The largest absolute Gasteiger partial charge is 0.738 e. The Hall–Kier alpha value is -2.61. The van der Waals surface area contributed by atoms with Crippen LogP contribution in [0.1, 0.15) is 43.7 Å². The zero-order chi connectivity index (χ0) is 23.2. The first-order valence-corrected chi connectivity index (χ1v) is 12.1. The second kappa shape index (κ2) is 11.0. The van der Waals surface area contributed by atoms with E-state index in [4.69, 9.17) is 11.6 Å². The van der Waals surface area contributed by atoms with Crippen LogP contribution in [0.25, 0.3) is 5.57 Å². The molecule has 1 aromatic heterocycles. The molecular formula is C25H31ClN5O2-. The first kappa shape index (κ1) is 23.5. The molecule has 0 spiro atoms. The monoisotopic (exact) mass is 468 g/mol. The molecule has 1 amide bonds. The normalized spacial score (nSPS) is 18.3. The Morgan fingerprint density at radius 2 is 2.09 bits per heavy atom. The average molecular weight is 469 g/mol. The van der Waals surface area contributed by atoms with Crippen LogP contribution in [0, 0.1) is 5.21 Å². The van der Waals surface area contributed by atoms with Crippen molar-refractivity contribution in [1.29, 1.82) is 0 Å². The molecule has 2 aromatic rings. The minimum Gasteiger partial charge on any atom is -0.738 e. The molecule has 0 bridgehead atoms. The molecule has 1 saturated heterocycles. The van der Waals surface area contributed by atoms with Crippen LogP contribution >= 0.6 is 11.6 Å². The number of pyridine rings is 1. The van der Waals surface area contributed by atoms with Crippen molar-refractivity contribution >= 4 is 28.8 Å². The van der Waals surface area contributed by atoms with Crippen LogP contribution in [0.4, 0.5) is 5.69 Å². The van der Waals surface area contributed by atoms with Gasteiger partial charge < -0.3 is 20.7 Å². The van der Waals surface area contributed by atoms with Gasteiger partial charge in [-0.2, -0.15) is 0 Å². The molecule has 7 nitrogen and oxygen atoms in total. The number of hydrogen-bond donors (Lipinski definition) is 1. The van der Waals surface area contributed by atoms with E-state index >= 15 is 0 Å². The van der Waals surface area contributed by atoms with E-state index in [0.717, 1.165) is 54.2 Å². The van der Waals surface area contributed by atoms with Crippen molar-refractivity contribution in [3.8, 4) is 0 Å². The molecule has 2 aliphatic heterocycles. The van der Waals surface area contributed by atoms with Gasteiger partial charge in [0.25, 0.3) is 0 Å². The zero-order valence-electron chi connectivity index (χ0n) is 19.0. The van der Waals surface area contributed by atoms with E-state index in [1.807, 2.05) is 43.5 Å². The molecule has 1 aromatic carbocycles. The molecule has 0 aliphatic carbocycles. The molecule has 1 atom stereocenters. The van der Waals surface area contributed by atoms with Gasteiger partial charge in [-0.1, -0.05) is 30.7 Å². The Bertz CT molecular complexity index is 981. The summed E-state index contributed by atoms with van der Waals surface area (Å²) in [5, 5.41) is 19.6. The van der Waals surface area contributed by atoms with Crippen molar-refractivity contribution in [1.82, 2.24) is 20.2 Å². The lowest BCUT2D eigenvalue weighted by atomic mass is 9.97. The summed E-state index contributed by atoms with van der Waals surface area (Å²) in [6, 6.07) is 9.93. The molecule has 0 saturated carbocycles. The van der Waals surface area contributed by atoms with Crippen LogP contribution in [0.5, 0.6) is 0 Å². The first-order valence-electron chi connectivity index (χ1n) is 11.7. The maximum Gasteiger partial charge on any atom is 0.221 e. The highest BCUT2D eigenvalue weighted by molar-refractivity contribution is 6.30. The Labute approximate surface area is 200 Å². The van der Waals surface area contributed by atoms with Crippen LogP contribution in [0.15, 0.2) is 48.9 Å². The van der Waals surface area contributed by atoms with Crippen molar-refractivity contribution < 1.29 is 4.79 Å². The minimum absolute atomic E-state index is 0.0936. The van der Waals surface area contributed by atoms with Crippen molar-refractivity contribution in [2.75, 3.05) is 31.4 Å². The Morgan fingerprint density at radius 1 is 1.27 bits per heavy atom. The van der Waals surface area contributed by atoms with E-state index < -0.39 is 0 Å². The van der Waals surface area contributed by atoms with Crippen LogP contribution in [0.2, 0.25) is 5.02 Å². The summed E-state index contributed by atoms with van der Waals surface area (Å²) in [7, 11) is 0. The number of rotatable bonds is 9. The molecule has 1 fully saturated rings. The quantitative estimate of drug-likeness (QED) is 0.593. The second-order valence-corrected chi connectivity index (χ2v) is 9.11. The highest BCUT2D eigenvalue weighted by Crippen LogP contribution is 2.35. The number of carbonyl (C=O) groups excluding carboxylic acids is 1. The van der Waals surface area contributed by atoms with Gasteiger partial charge in [-0.05, 0) is 61.6 Å². The summed E-state index contributed by atoms with van der Waals surface area (Å²) in [6.45, 7) is 5.02. The number of hydrogen-bond acceptors (Lipinski definition) is 6. The number of nitrogens with one attached hydrogen (secondary N) is 1. The minimum atomic E-state index is 0.0936. The summed E-state index contributed by atoms with van der Waals surface area (Å²) in [5.74, 6) is 0.0936. The molecule has 4 rings (SSSR count). The highest BCUT2D eigenvalue weighted by atomic mass is 35.5. The third-order valence-corrected chi connectivity index (χ3v) is 6.55. The lowest BCUT2D eigenvalue weighted by Gasteiger charge is -2.47. The summed E-state index contributed by atoms with van der Waals surface area (Å²) in [4.78, 5) is 18.6. The maximum absolute atomic E-state index is 13.2. The lowest BCUT2D eigenvalue weighted by Crippen LogP contribution is -2.46. The third-order valence-electron chi connectivity index (χ3n) is 6.29. The predicted octanol–water partition coefficient (Wildman–Crippen LogP) is 4.23. The number of fused-ring (bicyclic) bond motifs is 1. The second-order valence-electron chi connectivity index (χ2n) is 8.68. The summed E-state index contributed by atoms with van der Waals surface area (Å²) in [6.07, 6.45) is 9.54. The van der Waals surface area contributed by atoms with E-state index in [1.54, 1.807) is 17.4 Å². The fourth-order valence-electron chi connectivity index (χ4n) is 4.55. The Balaban J connectivity index is 1.48. The number of allylic oxidation sites excluding steroid dienone is 1. The van der Waals surface area contributed by atoms with Gasteiger partial charge in [0.05, 0.1) is 18.4 Å². The van der Waals surface area contributed by atoms with Gasteiger partial charge in [0.15, 0.2) is 0 Å². The van der Waals surface area contributed by atoms with Crippen molar-refractivity contribution in [2.24, 2.45) is 0 Å². The van der Waals surface area contributed by atoms with Crippen LogP contribution in [-0.2, 0) is 11.2 Å². The average Bonchev–Trinajstić information content (AvgIpc) is 3.27. The van der Waals surface area contributed by atoms with Gasteiger partial charge in [0, 0.05) is 48.5 Å². The zero-order valence-corrected chi connectivity index (χ0v) is 19.8. The van der Waals surface area contributed by atoms with E-state index in [2.05, 4.69) is 15.2 Å². The number of benzene rings is 1. The van der Waals surface area contributed by atoms with Gasteiger partial charge in [-0.3, -0.25) is 14.7 Å². The third kappa shape index (κ3) is 5.85. The van der Waals surface area contributed by atoms with E-state index in [0.29, 0.717) is 36.6 Å². The molecule has 1 N–H and O–H groups in total. The number of nitrogens with zero attached hydrogens (tertiary/aromatic N) is 4. The molecule has 33 heavy (non-hydrogen) atoms. The van der Waals surface area contributed by atoms with Gasteiger partial charge in [0.1, 0.15) is 0 Å². The molecule has 3 heterocycles. The summed E-state index contributed by atoms with van der Waals surface area (Å²) < 4.78 is 0. The predicted molar refractivity (Wildman–Crippen MR) is 132 cm³/mol. The van der Waals surface area contributed by atoms with Crippen LogP contribution in [-0.4, -0.2) is 53.0 Å². The summed E-state index contributed by atoms with van der Waals surface area (Å²) in [5.41, 5.74) is 3.67. The van der Waals surface area contributed by atoms with Crippen molar-refractivity contribution in [3.63, 3.8) is 0 Å². The van der Waals surface area contributed by atoms with E-state index in [1.165, 1.54) is 0 Å². The smallest absolute Gasteiger partial charge is 0.221 e. The Morgan fingerprint density at radius 3 is 2.88 bits per heavy atom. The number of anilines is 1. The van der Waals surface area contributed by atoms with E-state index in [-0.39, 0.29) is 11.9 Å². The van der Waals surface area contributed by atoms with Gasteiger partial charge in [-0.25, -0.2) is 0 Å². The molecule has 0 radical (unpaired) electrons. The molecule has 2 aliphatic rings. The number of hydrazine groups is 1. The standard InChI is InChI=1S/C25H31ClN5O2/c1-2-11-28-25(32)10-14-29-13-3-4-22(29)18-30-17-20(15-19-5-7-21(26)8-6-19)23-9-12-27-16-24(23)31(30)33/h5-9,12,16-17,22H,2-4,10-11,13-15,18H2,1H3,(H,28,32)/q-1/t22-/m1/s1. The molecular weight excluding hydrogens is 438 g/mol.